The summed E-state index contributed by atoms with van der Waals surface area (Å²) in [4.78, 5) is 29.0. The Kier molecular flexibility index (Phi) is 8.82. The van der Waals surface area contributed by atoms with Gasteiger partial charge in [0.1, 0.15) is 28.7 Å². The summed E-state index contributed by atoms with van der Waals surface area (Å²) in [6, 6.07) is 23.6. The van der Waals surface area contributed by atoms with E-state index in [9.17, 15) is 18.4 Å². The first-order valence-electron chi connectivity index (χ1n) is 13.8. The number of benzene rings is 4. The van der Waals surface area contributed by atoms with E-state index in [2.05, 4.69) is 0 Å². The normalized spacial score (nSPS) is 11.2. The van der Waals surface area contributed by atoms with E-state index in [0.29, 0.717) is 34.8 Å². The zero-order valence-corrected chi connectivity index (χ0v) is 23.8. The number of anilines is 1. The van der Waals surface area contributed by atoms with Crippen LogP contribution in [0.2, 0.25) is 0 Å². The SMILES string of the molecule is CCOC(=O)c1cn(Cc2c(F)cccc2F)c2ccc(Oc3ccc(N)cc3)c(CN(C)Cc3ccccc3)c2c1=O. The highest BCUT2D eigenvalue weighted by Crippen LogP contribution is 2.33. The lowest BCUT2D eigenvalue weighted by atomic mass is 10.0. The number of rotatable bonds is 10. The lowest BCUT2D eigenvalue weighted by molar-refractivity contribution is 0.0524. The van der Waals surface area contributed by atoms with Crippen molar-refractivity contribution in [3.05, 3.63) is 135 Å². The third kappa shape index (κ3) is 6.57. The molecule has 2 N–H and O–H groups in total. The molecule has 0 aliphatic carbocycles. The van der Waals surface area contributed by atoms with Gasteiger partial charge in [-0.25, -0.2) is 13.6 Å². The summed E-state index contributed by atoms with van der Waals surface area (Å²) in [7, 11) is 1.90. The molecule has 1 aromatic heterocycles. The molecule has 7 nitrogen and oxygen atoms in total. The Morgan fingerprint density at radius 3 is 2.26 bits per heavy atom. The van der Waals surface area contributed by atoms with E-state index in [1.807, 2.05) is 42.3 Å². The zero-order valence-electron chi connectivity index (χ0n) is 23.8. The van der Waals surface area contributed by atoms with Crippen LogP contribution in [0.25, 0.3) is 10.9 Å². The Balaban J connectivity index is 1.72. The number of carbonyl (C=O) groups excluding carboxylic acids is 1. The van der Waals surface area contributed by atoms with Crippen molar-refractivity contribution < 1.29 is 23.0 Å². The van der Waals surface area contributed by atoms with Crippen LogP contribution in [0.5, 0.6) is 11.5 Å². The van der Waals surface area contributed by atoms with Gasteiger partial charge in [-0.15, -0.1) is 0 Å². The van der Waals surface area contributed by atoms with Crippen molar-refractivity contribution in [2.24, 2.45) is 0 Å². The Morgan fingerprint density at radius 2 is 1.58 bits per heavy atom. The van der Waals surface area contributed by atoms with Gasteiger partial charge in [-0.3, -0.25) is 9.69 Å². The Hall–Kier alpha value is -5.02. The van der Waals surface area contributed by atoms with E-state index >= 15 is 0 Å². The number of nitrogen functional groups attached to an aromatic ring is 1. The molecule has 220 valence electrons. The molecule has 1 heterocycles. The maximum atomic E-state index is 14.7. The molecular formula is C34H31F2N3O4. The standard InChI is InChI=1S/C34H31F2N3O4/c1-3-42-34(41)27-21-39(20-25-28(35)10-7-11-29(25)36)30-16-17-31(43-24-14-12-23(37)13-15-24)26(32(30)33(27)40)19-38(2)18-22-8-5-4-6-9-22/h4-17,21H,3,18-20,37H2,1-2H3. The molecule has 5 aromatic rings. The van der Waals surface area contributed by atoms with Crippen LogP contribution in [-0.4, -0.2) is 29.1 Å². The molecule has 0 aliphatic heterocycles. The van der Waals surface area contributed by atoms with Crippen LogP contribution in [-0.2, 0) is 24.4 Å². The fourth-order valence-electron chi connectivity index (χ4n) is 5.00. The van der Waals surface area contributed by atoms with E-state index in [4.69, 9.17) is 15.2 Å². The predicted molar refractivity (Wildman–Crippen MR) is 162 cm³/mol. The van der Waals surface area contributed by atoms with Gasteiger partial charge in [-0.2, -0.15) is 0 Å². The molecule has 0 aliphatic rings. The van der Waals surface area contributed by atoms with Crippen molar-refractivity contribution in [2.75, 3.05) is 19.4 Å². The van der Waals surface area contributed by atoms with E-state index in [0.717, 1.165) is 17.7 Å². The van der Waals surface area contributed by atoms with Gasteiger partial charge in [0.05, 0.1) is 24.1 Å². The van der Waals surface area contributed by atoms with Crippen molar-refractivity contribution in [3.63, 3.8) is 0 Å². The quantitative estimate of drug-likeness (QED) is 0.149. The minimum atomic E-state index is -0.828. The smallest absolute Gasteiger partial charge is 0.343 e. The van der Waals surface area contributed by atoms with Gasteiger partial charge >= 0.3 is 5.97 Å². The fraction of sp³-hybridized carbons (Fsp3) is 0.176. The summed E-state index contributed by atoms with van der Waals surface area (Å²) in [5.74, 6) is -1.42. The van der Waals surface area contributed by atoms with E-state index in [-0.39, 0.29) is 36.2 Å². The highest BCUT2D eigenvalue weighted by Gasteiger charge is 2.23. The molecule has 0 atom stereocenters. The van der Waals surface area contributed by atoms with Crippen LogP contribution in [0.4, 0.5) is 14.5 Å². The maximum absolute atomic E-state index is 14.7. The van der Waals surface area contributed by atoms with Gasteiger partial charge < -0.3 is 19.8 Å². The van der Waals surface area contributed by atoms with E-state index in [1.165, 1.54) is 16.8 Å². The first-order chi connectivity index (χ1) is 20.7. The van der Waals surface area contributed by atoms with Crippen molar-refractivity contribution in [3.8, 4) is 11.5 Å². The van der Waals surface area contributed by atoms with E-state index in [1.54, 1.807) is 43.3 Å². The number of carbonyl (C=O) groups is 1. The molecule has 0 radical (unpaired) electrons. The molecule has 43 heavy (non-hydrogen) atoms. The van der Waals surface area contributed by atoms with Gasteiger partial charge in [0.15, 0.2) is 0 Å². The number of hydrogen-bond acceptors (Lipinski definition) is 6. The van der Waals surface area contributed by atoms with Crippen molar-refractivity contribution in [1.29, 1.82) is 0 Å². The first kappa shape index (κ1) is 29.5. The average molecular weight is 584 g/mol. The summed E-state index contributed by atoms with van der Waals surface area (Å²) in [5, 5.41) is 0.190. The monoisotopic (exact) mass is 583 g/mol. The number of ether oxygens (including phenoxy) is 2. The third-order valence-electron chi connectivity index (χ3n) is 7.03. The summed E-state index contributed by atoms with van der Waals surface area (Å²) in [5.41, 5.74) is 7.35. The lowest BCUT2D eigenvalue weighted by Crippen LogP contribution is -2.24. The molecule has 4 aromatic carbocycles. The van der Waals surface area contributed by atoms with Crippen LogP contribution in [0, 0.1) is 11.6 Å². The maximum Gasteiger partial charge on any atom is 0.343 e. The number of nitrogens with zero attached hydrogens (tertiary/aromatic N) is 2. The van der Waals surface area contributed by atoms with Crippen molar-refractivity contribution >= 4 is 22.6 Å². The Bertz CT molecular complexity index is 1800. The third-order valence-corrected chi connectivity index (χ3v) is 7.03. The first-order valence-corrected chi connectivity index (χ1v) is 13.8. The zero-order chi connectivity index (χ0) is 30.5. The fourth-order valence-corrected chi connectivity index (χ4v) is 5.00. The minimum Gasteiger partial charge on any atom is -0.462 e. The lowest BCUT2D eigenvalue weighted by Gasteiger charge is -2.22. The van der Waals surface area contributed by atoms with Crippen LogP contribution in [0.1, 0.15) is 34.0 Å². The molecule has 0 bridgehead atoms. The molecule has 0 unspecified atom stereocenters. The molecule has 5 rings (SSSR count). The molecule has 0 saturated heterocycles. The molecule has 0 amide bonds. The molecule has 0 saturated carbocycles. The van der Waals surface area contributed by atoms with Crippen LogP contribution in [0.3, 0.4) is 0 Å². The minimum absolute atomic E-state index is 0.0468. The summed E-state index contributed by atoms with van der Waals surface area (Å²) >= 11 is 0. The predicted octanol–water partition coefficient (Wildman–Crippen LogP) is 6.51. The van der Waals surface area contributed by atoms with Crippen LogP contribution < -0.4 is 15.9 Å². The number of pyridine rings is 1. The average Bonchev–Trinajstić information content (AvgIpc) is 2.98. The summed E-state index contributed by atoms with van der Waals surface area (Å²) in [6.07, 6.45) is 1.30. The van der Waals surface area contributed by atoms with Crippen LogP contribution >= 0.6 is 0 Å². The molecule has 0 spiro atoms. The number of halogens is 2. The number of aromatic nitrogens is 1. The van der Waals surface area contributed by atoms with Gasteiger partial charge in [-0.1, -0.05) is 36.4 Å². The van der Waals surface area contributed by atoms with Gasteiger partial charge in [-0.05, 0) is 68.1 Å². The summed E-state index contributed by atoms with van der Waals surface area (Å²) in [6.45, 7) is 2.23. The second-order valence-corrected chi connectivity index (χ2v) is 10.2. The Morgan fingerprint density at radius 1 is 0.884 bits per heavy atom. The van der Waals surface area contributed by atoms with E-state index < -0.39 is 23.0 Å². The van der Waals surface area contributed by atoms with Crippen molar-refractivity contribution in [1.82, 2.24) is 9.47 Å². The Labute approximate surface area is 247 Å². The second kappa shape index (κ2) is 12.9. The highest BCUT2D eigenvalue weighted by molar-refractivity contribution is 5.95. The largest absolute Gasteiger partial charge is 0.462 e. The van der Waals surface area contributed by atoms with Gasteiger partial charge in [0, 0.05) is 36.1 Å². The number of hydrogen-bond donors (Lipinski definition) is 1. The molecular weight excluding hydrogens is 552 g/mol. The number of esters is 1. The second-order valence-electron chi connectivity index (χ2n) is 10.2. The van der Waals surface area contributed by atoms with Crippen LogP contribution in [0.15, 0.2) is 95.9 Å². The molecule has 0 fully saturated rings. The number of nitrogens with two attached hydrogens (primary N) is 1. The van der Waals surface area contributed by atoms with Gasteiger partial charge in [0.25, 0.3) is 0 Å². The number of fused-ring (bicyclic) bond motifs is 1. The molecule has 9 heteroatoms. The topological polar surface area (TPSA) is 86.8 Å². The van der Waals surface area contributed by atoms with Crippen molar-refractivity contribution in [2.45, 2.75) is 26.6 Å². The van der Waals surface area contributed by atoms with Gasteiger partial charge in [0.2, 0.25) is 5.43 Å². The highest BCUT2D eigenvalue weighted by atomic mass is 19.1. The summed E-state index contributed by atoms with van der Waals surface area (Å²) < 4.78 is 42.4.